The van der Waals surface area contributed by atoms with Crippen molar-refractivity contribution in [2.45, 2.75) is 51.5 Å². The molecule has 2 N–H and O–H groups in total. The monoisotopic (exact) mass is 231 g/mol. The van der Waals surface area contributed by atoms with Crippen molar-refractivity contribution in [3.8, 4) is 5.75 Å². The van der Waals surface area contributed by atoms with E-state index in [4.69, 9.17) is 0 Å². The van der Waals surface area contributed by atoms with Gasteiger partial charge in [0.25, 0.3) is 0 Å². The third-order valence-corrected chi connectivity index (χ3v) is 4.28. The summed E-state index contributed by atoms with van der Waals surface area (Å²) in [6.45, 7) is 3.17. The molecule has 1 aliphatic carbocycles. The molecule has 0 amide bonds. The fraction of sp³-hybridized carbons (Fsp3) is 0.600. The van der Waals surface area contributed by atoms with E-state index in [1.54, 1.807) is 0 Å². The van der Waals surface area contributed by atoms with Crippen molar-refractivity contribution >= 4 is 0 Å². The summed E-state index contributed by atoms with van der Waals surface area (Å²) in [6, 6.07) is 2.74. The molecular formula is C15H21NO. The molecule has 0 aromatic heterocycles. The van der Waals surface area contributed by atoms with Crippen LogP contribution in [0.25, 0.3) is 0 Å². The van der Waals surface area contributed by atoms with Gasteiger partial charge in [-0.15, -0.1) is 0 Å². The maximum absolute atomic E-state index is 10.2. The second kappa shape index (κ2) is 4.34. The summed E-state index contributed by atoms with van der Waals surface area (Å²) in [5.41, 5.74) is 5.19. The number of phenolic OH excluding ortho intramolecular Hbond substituents is 1. The Morgan fingerprint density at radius 1 is 1.18 bits per heavy atom. The largest absolute Gasteiger partial charge is 0.507 e. The van der Waals surface area contributed by atoms with Crippen LogP contribution in [0.1, 0.15) is 54.0 Å². The SMILES string of the molecule is Cc1cc([C@H]2CCCN2)c2c(c1O)CCCC2. The average molecular weight is 231 g/mol. The van der Waals surface area contributed by atoms with Crippen molar-refractivity contribution in [1.29, 1.82) is 0 Å². The predicted octanol–water partition coefficient (Wildman–Crippen LogP) is 3.00. The van der Waals surface area contributed by atoms with Crippen LogP contribution in [0.4, 0.5) is 0 Å². The quantitative estimate of drug-likeness (QED) is 0.778. The molecule has 0 bridgehead atoms. The second-order valence-corrected chi connectivity index (χ2v) is 5.44. The van der Waals surface area contributed by atoms with Gasteiger partial charge >= 0.3 is 0 Å². The van der Waals surface area contributed by atoms with Gasteiger partial charge in [-0.25, -0.2) is 0 Å². The number of aromatic hydroxyl groups is 1. The van der Waals surface area contributed by atoms with E-state index in [2.05, 4.69) is 11.4 Å². The van der Waals surface area contributed by atoms with Gasteiger partial charge in [-0.05, 0) is 74.2 Å². The Morgan fingerprint density at radius 2 is 1.94 bits per heavy atom. The van der Waals surface area contributed by atoms with Gasteiger partial charge in [0.2, 0.25) is 0 Å². The summed E-state index contributed by atoms with van der Waals surface area (Å²) in [7, 11) is 0. The number of nitrogens with one attached hydrogen (secondary N) is 1. The van der Waals surface area contributed by atoms with E-state index in [1.807, 2.05) is 6.92 Å². The molecule has 2 aliphatic rings. The molecular weight excluding hydrogens is 210 g/mol. The smallest absolute Gasteiger partial charge is 0.121 e. The number of fused-ring (bicyclic) bond motifs is 1. The van der Waals surface area contributed by atoms with E-state index in [0.717, 1.165) is 24.9 Å². The molecule has 2 heteroatoms. The Bertz CT molecular complexity index is 433. The van der Waals surface area contributed by atoms with Crippen molar-refractivity contribution < 1.29 is 5.11 Å². The fourth-order valence-electron chi connectivity index (χ4n) is 3.37. The van der Waals surface area contributed by atoms with Crippen LogP contribution in [0.15, 0.2) is 6.07 Å². The standard InChI is InChI=1S/C15H21NO/c1-10-9-13(14-7-4-8-16-14)11-5-2-3-6-12(11)15(10)17/h9,14,16-17H,2-8H2,1H3/t14-/m1/s1. The Morgan fingerprint density at radius 3 is 2.65 bits per heavy atom. The maximum Gasteiger partial charge on any atom is 0.121 e. The highest BCUT2D eigenvalue weighted by molar-refractivity contribution is 5.51. The van der Waals surface area contributed by atoms with E-state index in [-0.39, 0.29) is 0 Å². The lowest BCUT2D eigenvalue weighted by Gasteiger charge is -2.25. The second-order valence-electron chi connectivity index (χ2n) is 5.44. The molecule has 17 heavy (non-hydrogen) atoms. The molecule has 1 atom stereocenters. The van der Waals surface area contributed by atoms with Gasteiger partial charge in [0, 0.05) is 6.04 Å². The molecule has 0 radical (unpaired) electrons. The summed E-state index contributed by atoms with van der Waals surface area (Å²) in [5, 5.41) is 13.8. The molecule has 1 saturated heterocycles. The van der Waals surface area contributed by atoms with E-state index < -0.39 is 0 Å². The van der Waals surface area contributed by atoms with E-state index in [1.165, 1.54) is 42.4 Å². The van der Waals surface area contributed by atoms with Gasteiger partial charge in [0.1, 0.15) is 5.75 Å². The van der Waals surface area contributed by atoms with Crippen LogP contribution in [-0.2, 0) is 12.8 Å². The number of rotatable bonds is 1. The van der Waals surface area contributed by atoms with Crippen LogP contribution in [0.5, 0.6) is 5.75 Å². The molecule has 92 valence electrons. The van der Waals surface area contributed by atoms with Crippen molar-refractivity contribution in [2.24, 2.45) is 0 Å². The van der Waals surface area contributed by atoms with Crippen LogP contribution >= 0.6 is 0 Å². The van der Waals surface area contributed by atoms with Gasteiger partial charge < -0.3 is 10.4 Å². The molecule has 3 rings (SSSR count). The normalized spacial score (nSPS) is 23.7. The summed E-state index contributed by atoms with van der Waals surface area (Å²) in [6.07, 6.45) is 7.23. The Hall–Kier alpha value is -1.02. The zero-order valence-electron chi connectivity index (χ0n) is 10.6. The van der Waals surface area contributed by atoms with Crippen molar-refractivity contribution in [3.63, 3.8) is 0 Å². The minimum atomic E-state index is 0.529. The van der Waals surface area contributed by atoms with Gasteiger partial charge in [-0.3, -0.25) is 0 Å². The number of phenols is 1. The Balaban J connectivity index is 2.10. The molecule has 0 saturated carbocycles. The summed E-state index contributed by atoms with van der Waals surface area (Å²) >= 11 is 0. The maximum atomic E-state index is 10.2. The van der Waals surface area contributed by atoms with Crippen LogP contribution < -0.4 is 5.32 Å². The zero-order valence-corrected chi connectivity index (χ0v) is 10.6. The molecule has 1 heterocycles. The van der Waals surface area contributed by atoms with Gasteiger partial charge in [0.05, 0.1) is 0 Å². The topological polar surface area (TPSA) is 32.3 Å². The van der Waals surface area contributed by atoms with Gasteiger partial charge in [0.15, 0.2) is 0 Å². The van der Waals surface area contributed by atoms with Crippen LogP contribution in [-0.4, -0.2) is 11.7 Å². The number of aryl methyl sites for hydroxylation is 1. The molecule has 1 aliphatic heterocycles. The Labute approximate surface area is 103 Å². The Kier molecular flexibility index (Phi) is 2.83. The highest BCUT2D eigenvalue weighted by atomic mass is 16.3. The highest BCUT2D eigenvalue weighted by Crippen LogP contribution is 2.38. The lowest BCUT2D eigenvalue weighted by atomic mass is 9.83. The van der Waals surface area contributed by atoms with Crippen molar-refractivity contribution in [2.75, 3.05) is 6.54 Å². The van der Waals surface area contributed by atoms with Gasteiger partial charge in [-0.2, -0.15) is 0 Å². The predicted molar refractivity (Wildman–Crippen MR) is 69.5 cm³/mol. The summed E-state index contributed by atoms with van der Waals surface area (Å²) in [5.74, 6) is 0.557. The fourth-order valence-corrected chi connectivity index (χ4v) is 3.37. The average Bonchev–Trinajstić information content (AvgIpc) is 2.87. The third kappa shape index (κ3) is 1.85. The lowest BCUT2D eigenvalue weighted by Crippen LogP contribution is -2.17. The summed E-state index contributed by atoms with van der Waals surface area (Å²) < 4.78 is 0. The number of hydrogen-bond acceptors (Lipinski definition) is 2. The van der Waals surface area contributed by atoms with Crippen LogP contribution in [0.2, 0.25) is 0 Å². The highest BCUT2D eigenvalue weighted by Gasteiger charge is 2.25. The third-order valence-electron chi connectivity index (χ3n) is 4.28. The van der Waals surface area contributed by atoms with E-state index >= 15 is 0 Å². The molecule has 1 aromatic rings. The minimum Gasteiger partial charge on any atom is -0.507 e. The first-order chi connectivity index (χ1) is 8.27. The van der Waals surface area contributed by atoms with E-state index in [9.17, 15) is 5.11 Å². The van der Waals surface area contributed by atoms with Crippen LogP contribution in [0.3, 0.4) is 0 Å². The van der Waals surface area contributed by atoms with Gasteiger partial charge in [-0.1, -0.05) is 6.07 Å². The first kappa shape index (κ1) is 11.1. The van der Waals surface area contributed by atoms with Crippen molar-refractivity contribution in [1.82, 2.24) is 5.32 Å². The number of benzene rings is 1. The molecule has 1 aromatic carbocycles. The first-order valence-corrected chi connectivity index (χ1v) is 6.85. The van der Waals surface area contributed by atoms with Crippen LogP contribution in [0, 0.1) is 6.92 Å². The lowest BCUT2D eigenvalue weighted by molar-refractivity contribution is 0.455. The molecule has 0 spiro atoms. The molecule has 0 unspecified atom stereocenters. The summed E-state index contributed by atoms with van der Waals surface area (Å²) in [4.78, 5) is 0. The number of hydrogen-bond donors (Lipinski definition) is 2. The zero-order chi connectivity index (χ0) is 11.8. The first-order valence-electron chi connectivity index (χ1n) is 6.85. The minimum absolute atomic E-state index is 0.529. The molecule has 1 fully saturated rings. The van der Waals surface area contributed by atoms with Crippen molar-refractivity contribution in [3.05, 3.63) is 28.3 Å². The molecule has 2 nitrogen and oxygen atoms in total. The van der Waals surface area contributed by atoms with E-state index in [0.29, 0.717) is 11.8 Å².